The molecule has 0 fully saturated rings. The zero-order valence-corrected chi connectivity index (χ0v) is 12.7. The highest BCUT2D eigenvalue weighted by molar-refractivity contribution is 7.99. The van der Waals surface area contributed by atoms with Gasteiger partial charge in [0.1, 0.15) is 0 Å². The molecule has 108 valence electrons. The molecule has 0 saturated carbocycles. The highest BCUT2D eigenvalue weighted by atomic mass is 32.2. The molecule has 0 atom stereocenters. The summed E-state index contributed by atoms with van der Waals surface area (Å²) in [4.78, 5) is 15.8. The van der Waals surface area contributed by atoms with E-state index in [1.807, 2.05) is 48.5 Å². The van der Waals surface area contributed by atoms with Crippen molar-refractivity contribution >= 4 is 40.7 Å². The van der Waals surface area contributed by atoms with Crippen LogP contribution in [-0.2, 0) is 4.79 Å². The smallest absolute Gasteiger partial charge is 0.248 e. The van der Waals surface area contributed by atoms with Gasteiger partial charge < -0.3 is 5.32 Å². The van der Waals surface area contributed by atoms with Crippen molar-refractivity contribution in [3.8, 4) is 0 Å². The number of benzene rings is 1. The first-order chi connectivity index (χ1) is 10.2. The third-order valence-electron chi connectivity index (χ3n) is 2.34. The maximum Gasteiger partial charge on any atom is 0.248 e. The van der Waals surface area contributed by atoms with Gasteiger partial charge in [0, 0.05) is 11.9 Å². The van der Waals surface area contributed by atoms with Gasteiger partial charge in [-0.25, -0.2) is 4.98 Å². The van der Waals surface area contributed by atoms with E-state index in [0.29, 0.717) is 5.11 Å². The first kappa shape index (κ1) is 15.3. The summed E-state index contributed by atoms with van der Waals surface area (Å²) in [6, 6.07) is 15.0. The molecule has 0 unspecified atom stereocenters. The van der Waals surface area contributed by atoms with E-state index >= 15 is 0 Å². The zero-order valence-electron chi connectivity index (χ0n) is 11.1. The predicted molar refractivity (Wildman–Crippen MR) is 88.9 cm³/mol. The largest absolute Gasteiger partial charge is 0.331 e. The molecular formula is C14H14N4OS2. The van der Waals surface area contributed by atoms with Gasteiger partial charge in [0.05, 0.1) is 10.8 Å². The Kier molecular flexibility index (Phi) is 5.99. The van der Waals surface area contributed by atoms with Crippen LogP contribution >= 0.6 is 24.0 Å². The molecule has 2 aromatic rings. The molecule has 2 rings (SSSR count). The highest BCUT2D eigenvalue weighted by Gasteiger charge is 2.04. The molecule has 0 spiro atoms. The number of thiocarbonyl (C=S) groups is 1. The van der Waals surface area contributed by atoms with Crippen molar-refractivity contribution in [2.24, 2.45) is 0 Å². The summed E-state index contributed by atoms with van der Waals surface area (Å²) in [6.07, 6.45) is 1.69. The second-order valence-electron chi connectivity index (χ2n) is 3.95. The van der Waals surface area contributed by atoms with Crippen molar-refractivity contribution in [1.29, 1.82) is 0 Å². The van der Waals surface area contributed by atoms with Crippen LogP contribution in [0.5, 0.6) is 0 Å². The molecule has 0 aliphatic carbocycles. The van der Waals surface area contributed by atoms with Gasteiger partial charge in [-0.15, -0.1) is 0 Å². The number of para-hydroxylation sites is 1. The molecular weight excluding hydrogens is 304 g/mol. The average Bonchev–Trinajstić information content (AvgIpc) is 2.53. The van der Waals surface area contributed by atoms with Crippen LogP contribution in [0.2, 0.25) is 0 Å². The van der Waals surface area contributed by atoms with Gasteiger partial charge in [-0.3, -0.25) is 15.6 Å². The van der Waals surface area contributed by atoms with Crippen molar-refractivity contribution in [3.05, 3.63) is 54.7 Å². The van der Waals surface area contributed by atoms with Crippen LogP contribution in [0.1, 0.15) is 0 Å². The first-order valence-electron chi connectivity index (χ1n) is 6.19. The summed E-state index contributed by atoms with van der Waals surface area (Å²) in [5, 5.41) is 4.09. The Bertz CT molecular complexity index is 592. The van der Waals surface area contributed by atoms with Crippen molar-refractivity contribution in [2.75, 3.05) is 11.1 Å². The van der Waals surface area contributed by atoms with Crippen molar-refractivity contribution < 1.29 is 4.79 Å². The number of hydrogen-bond acceptors (Lipinski definition) is 4. The summed E-state index contributed by atoms with van der Waals surface area (Å²) in [7, 11) is 0. The number of nitrogens with one attached hydrogen (secondary N) is 3. The summed E-state index contributed by atoms with van der Waals surface area (Å²) in [5.74, 6) is 0.0840. The van der Waals surface area contributed by atoms with E-state index in [1.165, 1.54) is 11.8 Å². The van der Waals surface area contributed by atoms with E-state index in [2.05, 4.69) is 21.2 Å². The van der Waals surface area contributed by atoms with Gasteiger partial charge in [-0.05, 0) is 36.5 Å². The average molecular weight is 318 g/mol. The maximum atomic E-state index is 11.7. The van der Waals surface area contributed by atoms with Crippen LogP contribution in [0.25, 0.3) is 0 Å². The Hall–Kier alpha value is -2.12. The minimum atomic E-state index is -0.178. The quantitative estimate of drug-likeness (QED) is 0.456. The number of aromatic nitrogens is 1. The van der Waals surface area contributed by atoms with Gasteiger partial charge in [0.15, 0.2) is 5.11 Å². The Labute approximate surface area is 132 Å². The molecule has 1 aromatic heterocycles. The molecule has 1 amide bonds. The number of pyridine rings is 1. The van der Waals surface area contributed by atoms with E-state index in [-0.39, 0.29) is 11.7 Å². The van der Waals surface area contributed by atoms with E-state index in [0.717, 1.165) is 10.7 Å². The Morgan fingerprint density at radius 1 is 1.10 bits per heavy atom. The summed E-state index contributed by atoms with van der Waals surface area (Å²) in [5.41, 5.74) is 6.04. The normalized spacial score (nSPS) is 9.71. The number of amides is 1. The van der Waals surface area contributed by atoms with Crippen LogP contribution in [0.4, 0.5) is 5.69 Å². The van der Waals surface area contributed by atoms with Crippen molar-refractivity contribution in [2.45, 2.75) is 5.03 Å². The maximum absolute atomic E-state index is 11.7. The third kappa shape index (κ3) is 5.80. The third-order valence-corrected chi connectivity index (χ3v) is 3.48. The molecule has 0 radical (unpaired) electrons. The molecule has 7 heteroatoms. The van der Waals surface area contributed by atoms with Gasteiger partial charge >= 0.3 is 0 Å². The number of hydrogen-bond donors (Lipinski definition) is 3. The number of rotatable bonds is 4. The number of thioether (sulfide) groups is 1. The topological polar surface area (TPSA) is 66.0 Å². The monoisotopic (exact) mass is 318 g/mol. The van der Waals surface area contributed by atoms with Gasteiger partial charge in [-0.2, -0.15) is 0 Å². The Morgan fingerprint density at radius 2 is 1.86 bits per heavy atom. The van der Waals surface area contributed by atoms with E-state index in [9.17, 15) is 4.79 Å². The Morgan fingerprint density at radius 3 is 2.57 bits per heavy atom. The number of carbonyl (C=O) groups is 1. The second-order valence-corrected chi connectivity index (χ2v) is 5.35. The van der Waals surface area contributed by atoms with E-state index in [4.69, 9.17) is 12.2 Å². The Balaban J connectivity index is 1.68. The number of nitrogens with zero attached hydrogens (tertiary/aromatic N) is 1. The molecule has 5 nitrogen and oxygen atoms in total. The molecule has 0 saturated heterocycles. The highest BCUT2D eigenvalue weighted by Crippen LogP contribution is 2.12. The van der Waals surface area contributed by atoms with Crippen molar-refractivity contribution in [3.63, 3.8) is 0 Å². The minimum Gasteiger partial charge on any atom is -0.331 e. The van der Waals surface area contributed by atoms with Crippen LogP contribution in [0.15, 0.2) is 59.8 Å². The van der Waals surface area contributed by atoms with E-state index < -0.39 is 0 Å². The molecule has 0 aliphatic heterocycles. The summed E-state index contributed by atoms with van der Waals surface area (Å²) >= 11 is 6.43. The summed E-state index contributed by atoms with van der Waals surface area (Å²) in [6.45, 7) is 0. The number of hydrazine groups is 1. The lowest BCUT2D eigenvalue weighted by Gasteiger charge is -2.11. The fourth-order valence-electron chi connectivity index (χ4n) is 1.42. The van der Waals surface area contributed by atoms with Crippen LogP contribution in [0.3, 0.4) is 0 Å². The molecule has 0 bridgehead atoms. The molecule has 1 heterocycles. The fourth-order valence-corrected chi connectivity index (χ4v) is 2.25. The lowest BCUT2D eigenvalue weighted by atomic mass is 10.3. The van der Waals surface area contributed by atoms with Crippen molar-refractivity contribution in [1.82, 2.24) is 15.8 Å². The van der Waals surface area contributed by atoms with Gasteiger partial charge in [-0.1, -0.05) is 36.0 Å². The van der Waals surface area contributed by atoms with Crippen LogP contribution in [-0.4, -0.2) is 21.8 Å². The molecule has 21 heavy (non-hydrogen) atoms. The van der Waals surface area contributed by atoms with E-state index in [1.54, 1.807) is 6.20 Å². The fraction of sp³-hybridized carbons (Fsp3) is 0.0714. The first-order valence-corrected chi connectivity index (χ1v) is 7.58. The predicted octanol–water partition coefficient (Wildman–Crippen LogP) is 2.19. The number of carbonyl (C=O) groups excluding carboxylic acids is 1. The second kappa shape index (κ2) is 8.23. The molecule has 0 aliphatic rings. The molecule has 1 aromatic carbocycles. The lowest BCUT2D eigenvalue weighted by molar-refractivity contribution is -0.119. The SMILES string of the molecule is O=C(CSc1ccccn1)NNC(=S)Nc1ccccc1. The van der Waals surface area contributed by atoms with Crippen LogP contribution in [0, 0.1) is 0 Å². The van der Waals surface area contributed by atoms with Crippen LogP contribution < -0.4 is 16.2 Å². The number of anilines is 1. The molecule has 3 N–H and O–H groups in total. The summed E-state index contributed by atoms with van der Waals surface area (Å²) < 4.78 is 0. The zero-order chi connectivity index (χ0) is 14.9. The minimum absolute atomic E-state index is 0.178. The van der Waals surface area contributed by atoms with Gasteiger partial charge in [0.25, 0.3) is 0 Å². The standard InChI is InChI=1S/C14H14N4OS2/c19-12(10-21-13-8-4-5-9-15-13)17-18-14(20)16-11-6-2-1-3-7-11/h1-9H,10H2,(H,17,19)(H2,16,18,20). The van der Waals surface area contributed by atoms with Gasteiger partial charge in [0.2, 0.25) is 5.91 Å². The lowest BCUT2D eigenvalue weighted by Crippen LogP contribution is -2.44.